The van der Waals surface area contributed by atoms with Crippen LogP contribution in [-0.2, 0) is 0 Å². The van der Waals surface area contributed by atoms with Crippen molar-refractivity contribution in [3.05, 3.63) is 29.8 Å². The lowest BCUT2D eigenvalue weighted by molar-refractivity contribution is 0.225. The molecule has 0 aromatic heterocycles. The number of nitrogens with zero attached hydrogens (tertiary/aromatic N) is 1. The average molecular weight is 249 g/mol. The Morgan fingerprint density at radius 1 is 1.50 bits per heavy atom. The minimum Gasteiger partial charge on any atom is -0.496 e. The van der Waals surface area contributed by atoms with E-state index < -0.39 is 0 Å². The van der Waals surface area contributed by atoms with Gasteiger partial charge >= 0.3 is 0 Å². The normalized spacial score (nSPS) is 22.7. The van der Waals surface area contributed by atoms with Gasteiger partial charge in [-0.05, 0) is 19.5 Å². The van der Waals surface area contributed by atoms with Crippen LogP contribution in [0.25, 0.3) is 0 Å². The second-order valence-corrected chi connectivity index (χ2v) is 5.00. The van der Waals surface area contributed by atoms with E-state index in [2.05, 4.69) is 23.3 Å². The van der Waals surface area contributed by atoms with E-state index >= 15 is 0 Å². The Morgan fingerprint density at radius 3 is 3.00 bits per heavy atom. The molecule has 4 nitrogen and oxygen atoms in total. The number of hydrogen-bond donors (Lipinski definition) is 2. The number of hydrogen-bond acceptors (Lipinski definition) is 4. The van der Waals surface area contributed by atoms with Crippen molar-refractivity contribution in [3.63, 3.8) is 0 Å². The molecule has 3 N–H and O–H groups in total. The molecule has 1 aromatic carbocycles. The van der Waals surface area contributed by atoms with Gasteiger partial charge in [-0.2, -0.15) is 0 Å². The van der Waals surface area contributed by atoms with Crippen LogP contribution in [0.5, 0.6) is 5.75 Å². The average Bonchev–Trinajstić information content (AvgIpc) is 2.38. The number of methoxy groups -OCH3 is 1. The first-order valence-electron chi connectivity index (χ1n) is 6.51. The molecule has 0 aliphatic carbocycles. The highest BCUT2D eigenvalue weighted by Gasteiger charge is 2.21. The molecule has 0 bridgehead atoms. The number of para-hydroxylation sites is 1. The van der Waals surface area contributed by atoms with Gasteiger partial charge in [0.15, 0.2) is 0 Å². The van der Waals surface area contributed by atoms with E-state index in [0.717, 1.165) is 37.4 Å². The summed E-state index contributed by atoms with van der Waals surface area (Å²) in [5, 5.41) is 3.53. The Hall–Kier alpha value is -1.10. The van der Waals surface area contributed by atoms with Crippen molar-refractivity contribution in [2.75, 3.05) is 33.8 Å². The molecule has 1 aromatic rings. The van der Waals surface area contributed by atoms with Crippen LogP contribution in [-0.4, -0.2) is 44.7 Å². The van der Waals surface area contributed by atoms with Crippen LogP contribution >= 0.6 is 0 Å². The number of piperazine rings is 1. The molecule has 2 unspecified atom stereocenters. The van der Waals surface area contributed by atoms with E-state index in [-0.39, 0.29) is 6.04 Å². The van der Waals surface area contributed by atoms with Gasteiger partial charge in [0.05, 0.1) is 7.11 Å². The number of nitrogens with two attached hydrogens (primary N) is 1. The summed E-state index contributed by atoms with van der Waals surface area (Å²) in [6.07, 6.45) is 0.935. The van der Waals surface area contributed by atoms with Crippen molar-refractivity contribution >= 4 is 0 Å². The number of likely N-dealkylation sites (N-methyl/N-ethyl adjacent to an activating group) is 1. The molecule has 0 radical (unpaired) electrons. The van der Waals surface area contributed by atoms with Gasteiger partial charge in [0.2, 0.25) is 0 Å². The van der Waals surface area contributed by atoms with Gasteiger partial charge in [-0.3, -0.25) is 0 Å². The summed E-state index contributed by atoms with van der Waals surface area (Å²) in [7, 11) is 3.85. The standard InChI is InChI=1S/C14H23N3O/c1-17-8-7-16-11(10-17)9-13(15)12-5-3-4-6-14(12)18-2/h3-6,11,13,16H,7-10,15H2,1-2H3. The van der Waals surface area contributed by atoms with Crippen LogP contribution in [0.15, 0.2) is 24.3 Å². The molecule has 1 aliphatic heterocycles. The molecular weight excluding hydrogens is 226 g/mol. The van der Waals surface area contributed by atoms with Crippen molar-refractivity contribution in [2.24, 2.45) is 5.73 Å². The lowest BCUT2D eigenvalue weighted by atomic mass is 9.98. The number of benzene rings is 1. The fourth-order valence-corrected chi connectivity index (χ4v) is 2.56. The monoisotopic (exact) mass is 249 g/mol. The molecule has 1 saturated heterocycles. The van der Waals surface area contributed by atoms with Gasteiger partial charge in [0.25, 0.3) is 0 Å². The Balaban J connectivity index is 2.00. The van der Waals surface area contributed by atoms with E-state index in [1.807, 2.05) is 18.2 Å². The summed E-state index contributed by atoms with van der Waals surface area (Å²) in [6.45, 7) is 3.21. The quantitative estimate of drug-likeness (QED) is 0.835. The largest absolute Gasteiger partial charge is 0.496 e. The van der Waals surface area contributed by atoms with Crippen molar-refractivity contribution in [1.29, 1.82) is 0 Å². The zero-order valence-corrected chi connectivity index (χ0v) is 11.2. The molecule has 1 aliphatic rings. The lowest BCUT2D eigenvalue weighted by Crippen LogP contribution is -2.49. The molecule has 0 amide bonds. The van der Waals surface area contributed by atoms with Crippen LogP contribution in [0.2, 0.25) is 0 Å². The molecule has 18 heavy (non-hydrogen) atoms. The first-order chi connectivity index (χ1) is 8.70. The molecule has 0 saturated carbocycles. The smallest absolute Gasteiger partial charge is 0.123 e. The lowest BCUT2D eigenvalue weighted by Gasteiger charge is -2.32. The van der Waals surface area contributed by atoms with Crippen molar-refractivity contribution < 1.29 is 4.74 Å². The molecule has 0 spiro atoms. The van der Waals surface area contributed by atoms with Crippen LogP contribution in [0.3, 0.4) is 0 Å². The zero-order valence-electron chi connectivity index (χ0n) is 11.2. The van der Waals surface area contributed by atoms with Crippen LogP contribution in [0.4, 0.5) is 0 Å². The number of nitrogens with one attached hydrogen (secondary N) is 1. The van der Waals surface area contributed by atoms with Gasteiger partial charge in [0.1, 0.15) is 5.75 Å². The predicted octanol–water partition coefficient (Wildman–Crippen LogP) is 0.989. The van der Waals surface area contributed by atoms with Gasteiger partial charge in [-0.25, -0.2) is 0 Å². The Kier molecular flexibility index (Phi) is 4.58. The van der Waals surface area contributed by atoms with Crippen LogP contribution < -0.4 is 15.8 Å². The van der Waals surface area contributed by atoms with Crippen molar-refractivity contribution in [1.82, 2.24) is 10.2 Å². The fraction of sp³-hybridized carbons (Fsp3) is 0.571. The SMILES string of the molecule is COc1ccccc1C(N)CC1CN(C)CCN1. The second-order valence-electron chi connectivity index (χ2n) is 5.00. The molecule has 2 rings (SSSR count). The van der Waals surface area contributed by atoms with Gasteiger partial charge in [0, 0.05) is 37.3 Å². The summed E-state index contributed by atoms with van der Waals surface area (Å²) >= 11 is 0. The maximum absolute atomic E-state index is 6.31. The molecular formula is C14H23N3O. The Bertz CT molecular complexity index is 383. The minimum atomic E-state index is 0.0187. The van der Waals surface area contributed by atoms with Crippen molar-refractivity contribution in [3.8, 4) is 5.75 Å². The molecule has 2 atom stereocenters. The zero-order chi connectivity index (χ0) is 13.0. The van der Waals surface area contributed by atoms with Gasteiger partial charge in [-0.15, -0.1) is 0 Å². The Morgan fingerprint density at radius 2 is 2.28 bits per heavy atom. The van der Waals surface area contributed by atoms with E-state index in [9.17, 15) is 0 Å². The van der Waals surface area contributed by atoms with E-state index in [0.29, 0.717) is 6.04 Å². The predicted molar refractivity (Wildman–Crippen MR) is 73.8 cm³/mol. The third-order valence-electron chi connectivity index (χ3n) is 3.54. The topological polar surface area (TPSA) is 50.5 Å². The molecule has 1 fully saturated rings. The maximum atomic E-state index is 6.31. The highest BCUT2D eigenvalue weighted by atomic mass is 16.5. The number of rotatable bonds is 4. The first-order valence-corrected chi connectivity index (χ1v) is 6.51. The Labute approximate surface area is 109 Å². The first kappa shape index (κ1) is 13.3. The summed E-state index contributed by atoms with van der Waals surface area (Å²) < 4.78 is 5.37. The van der Waals surface area contributed by atoms with Gasteiger partial charge < -0.3 is 20.7 Å². The van der Waals surface area contributed by atoms with Crippen molar-refractivity contribution in [2.45, 2.75) is 18.5 Å². The summed E-state index contributed by atoms with van der Waals surface area (Å²) in [6, 6.07) is 8.49. The van der Waals surface area contributed by atoms with Crippen LogP contribution in [0.1, 0.15) is 18.0 Å². The summed E-state index contributed by atoms with van der Waals surface area (Å²) in [5.74, 6) is 0.883. The van der Waals surface area contributed by atoms with Crippen LogP contribution in [0, 0.1) is 0 Å². The fourth-order valence-electron chi connectivity index (χ4n) is 2.56. The second kappa shape index (κ2) is 6.18. The minimum absolute atomic E-state index is 0.0187. The molecule has 1 heterocycles. The third kappa shape index (κ3) is 3.22. The third-order valence-corrected chi connectivity index (χ3v) is 3.54. The van der Waals surface area contributed by atoms with E-state index in [4.69, 9.17) is 10.5 Å². The molecule has 100 valence electrons. The highest BCUT2D eigenvalue weighted by molar-refractivity contribution is 5.35. The number of ether oxygens (including phenoxy) is 1. The summed E-state index contributed by atoms with van der Waals surface area (Å²) in [4.78, 5) is 2.34. The summed E-state index contributed by atoms with van der Waals surface area (Å²) in [5.41, 5.74) is 7.40. The van der Waals surface area contributed by atoms with E-state index in [1.54, 1.807) is 7.11 Å². The van der Waals surface area contributed by atoms with E-state index in [1.165, 1.54) is 0 Å². The highest BCUT2D eigenvalue weighted by Crippen LogP contribution is 2.26. The molecule has 4 heteroatoms. The van der Waals surface area contributed by atoms with Gasteiger partial charge in [-0.1, -0.05) is 18.2 Å². The maximum Gasteiger partial charge on any atom is 0.123 e.